The first kappa shape index (κ1) is 16.5. The van der Waals surface area contributed by atoms with Crippen molar-refractivity contribution in [2.75, 3.05) is 0 Å². The Bertz CT molecular complexity index is 766. The van der Waals surface area contributed by atoms with Gasteiger partial charge < -0.3 is 24.9 Å². The van der Waals surface area contributed by atoms with Crippen molar-refractivity contribution >= 4 is 17.7 Å². The van der Waals surface area contributed by atoms with E-state index in [1.165, 1.54) is 13.0 Å². The molecule has 0 aromatic heterocycles. The highest BCUT2D eigenvalue weighted by molar-refractivity contribution is 5.97. The predicted octanol–water partition coefficient (Wildman–Crippen LogP) is -0.885. The molecule has 134 valence electrons. The molecule has 1 spiro atoms. The summed E-state index contributed by atoms with van der Waals surface area (Å²) in [6.45, 7) is 5.34. The van der Waals surface area contributed by atoms with Crippen LogP contribution in [0.4, 0.5) is 0 Å². The fourth-order valence-electron chi connectivity index (χ4n) is 6.36. The Labute approximate surface area is 145 Å². The van der Waals surface area contributed by atoms with Gasteiger partial charge in [-0.1, -0.05) is 19.1 Å². The SMILES string of the molecule is C=C1C[C@]23C[C@@]1(O)CC[C@H]2C1=CC(=O)C[C@@](C)(C(=O)[O-])[C@H]1[C@@H]3C(=O)[O-]. The van der Waals surface area contributed by atoms with Gasteiger partial charge >= 0.3 is 0 Å². The molecule has 6 heteroatoms. The van der Waals surface area contributed by atoms with Gasteiger partial charge in [-0.15, -0.1) is 0 Å². The van der Waals surface area contributed by atoms with Crippen molar-refractivity contribution in [3.8, 4) is 0 Å². The van der Waals surface area contributed by atoms with Crippen molar-refractivity contribution in [1.29, 1.82) is 0 Å². The van der Waals surface area contributed by atoms with Crippen LogP contribution in [-0.4, -0.2) is 28.4 Å². The van der Waals surface area contributed by atoms with Gasteiger partial charge in [0, 0.05) is 35.6 Å². The molecule has 0 saturated heterocycles. The number of aliphatic hydroxyl groups is 1. The number of hydrogen-bond donors (Lipinski definition) is 1. The maximum absolute atomic E-state index is 12.2. The Morgan fingerprint density at radius 3 is 2.60 bits per heavy atom. The van der Waals surface area contributed by atoms with Gasteiger partial charge in [-0.05, 0) is 48.7 Å². The summed E-state index contributed by atoms with van der Waals surface area (Å²) >= 11 is 0. The molecule has 4 aliphatic rings. The lowest BCUT2D eigenvalue weighted by Crippen LogP contribution is -2.54. The van der Waals surface area contributed by atoms with E-state index in [0.29, 0.717) is 30.4 Å². The quantitative estimate of drug-likeness (QED) is 0.650. The maximum Gasteiger partial charge on any atom is 0.156 e. The fraction of sp³-hybridized carbons (Fsp3) is 0.632. The zero-order valence-electron chi connectivity index (χ0n) is 14.0. The first-order chi connectivity index (χ1) is 11.5. The fourth-order valence-corrected chi connectivity index (χ4v) is 6.36. The number of carboxylic acid groups (broad SMARTS) is 2. The molecule has 0 unspecified atom stereocenters. The molecule has 0 amide bonds. The van der Waals surface area contributed by atoms with E-state index in [9.17, 15) is 29.7 Å². The predicted molar refractivity (Wildman–Crippen MR) is 81.3 cm³/mol. The molecule has 0 heterocycles. The minimum atomic E-state index is -1.58. The molecule has 4 rings (SSSR count). The molecule has 4 aliphatic carbocycles. The number of aliphatic carboxylic acids is 2. The van der Waals surface area contributed by atoms with Gasteiger partial charge in [-0.3, -0.25) is 4.79 Å². The van der Waals surface area contributed by atoms with E-state index in [1.807, 2.05) is 0 Å². The molecule has 25 heavy (non-hydrogen) atoms. The van der Waals surface area contributed by atoms with Gasteiger partial charge in [0.1, 0.15) is 0 Å². The van der Waals surface area contributed by atoms with Crippen LogP contribution >= 0.6 is 0 Å². The standard InChI is InChI=1S/C19H22O6/c1-9-6-18-8-19(9,25)4-3-12(18)11-5-10(20)7-17(2,16(23)24)13(11)14(18)15(21)22/h5,12-14,25H,1,3-4,6-8H2,2H3,(H,21,22)(H,23,24)/p-2/t12-,13+,14+,17+,18-,19-/m0/s1. The molecule has 3 fully saturated rings. The Kier molecular flexibility index (Phi) is 3.04. The van der Waals surface area contributed by atoms with Crippen LogP contribution in [-0.2, 0) is 14.4 Å². The number of rotatable bonds is 2. The van der Waals surface area contributed by atoms with Gasteiger partial charge in [0.05, 0.1) is 5.60 Å². The van der Waals surface area contributed by atoms with Crippen LogP contribution in [0.2, 0.25) is 0 Å². The second-order valence-corrected chi connectivity index (χ2v) is 8.58. The molecule has 0 aromatic rings. The molecule has 0 aromatic carbocycles. The van der Waals surface area contributed by atoms with Crippen LogP contribution in [0.3, 0.4) is 0 Å². The number of carbonyl (C=O) groups excluding carboxylic acids is 3. The summed E-state index contributed by atoms with van der Waals surface area (Å²) in [4.78, 5) is 36.3. The third kappa shape index (κ3) is 1.81. The van der Waals surface area contributed by atoms with Crippen LogP contribution in [0.1, 0.15) is 39.0 Å². The van der Waals surface area contributed by atoms with E-state index in [-0.39, 0.29) is 24.5 Å². The van der Waals surface area contributed by atoms with Crippen molar-refractivity contribution < 1.29 is 29.7 Å². The Hall–Kier alpha value is -1.95. The lowest BCUT2D eigenvalue weighted by atomic mass is 9.61. The van der Waals surface area contributed by atoms with Crippen LogP contribution in [0.25, 0.3) is 0 Å². The average Bonchev–Trinajstić information content (AvgIpc) is 2.86. The zero-order chi connectivity index (χ0) is 18.4. The van der Waals surface area contributed by atoms with Crippen LogP contribution in [0.15, 0.2) is 23.8 Å². The number of fused-ring (bicyclic) bond motifs is 3. The molecule has 0 radical (unpaired) electrons. The number of allylic oxidation sites excluding steroid dienone is 2. The highest BCUT2D eigenvalue weighted by atomic mass is 16.4. The smallest absolute Gasteiger partial charge is 0.156 e. The Morgan fingerprint density at radius 1 is 1.32 bits per heavy atom. The molecular formula is C19H20O6-2. The molecule has 1 N–H and O–H groups in total. The molecule has 6 nitrogen and oxygen atoms in total. The summed E-state index contributed by atoms with van der Waals surface area (Å²) in [5.41, 5.74) is -2.34. The normalized spacial score (nSPS) is 47.9. The zero-order valence-corrected chi connectivity index (χ0v) is 14.0. The highest BCUT2D eigenvalue weighted by Gasteiger charge is 2.69. The Morgan fingerprint density at radius 2 is 2.00 bits per heavy atom. The van der Waals surface area contributed by atoms with Gasteiger partial charge in [-0.2, -0.15) is 0 Å². The average molecular weight is 344 g/mol. The Balaban J connectivity index is 1.95. The van der Waals surface area contributed by atoms with Crippen molar-refractivity contribution in [2.24, 2.45) is 28.6 Å². The largest absolute Gasteiger partial charge is 0.550 e. The molecule has 0 aliphatic heterocycles. The van der Waals surface area contributed by atoms with Crippen molar-refractivity contribution in [3.63, 3.8) is 0 Å². The van der Waals surface area contributed by atoms with Gasteiger partial charge in [-0.25, -0.2) is 0 Å². The maximum atomic E-state index is 12.2. The lowest BCUT2D eigenvalue weighted by Gasteiger charge is -2.45. The third-order valence-electron chi connectivity index (χ3n) is 7.35. The van der Waals surface area contributed by atoms with Crippen molar-refractivity contribution in [3.05, 3.63) is 23.8 Å². The molecule has 6 atom stereocenters. The topological polar surface area (TPSA) is 118 Å². The van der Waals surface area contributed by atoms with Crippen LogP contribution < -0.4 is 10.2 Å². The van der Waals surface area contributed by atoms with E-state index < -0.39 is 40.2 Å². The van der Waals surface area contributed by atoms with E-state index >= 15 is 0 Å². The van der Waals surface area contributed by atoms with E-state index in [0.717, 1.165) is 0 Å². The van der Waals surface area contributed by atoms with E-state index in [2.05, 4.69) is 6.58 Å². The van der Waals surface area contributed by atoms with E-state index in [1.54, 1.807) is 0 Å². The lowest BCUT2D eigenvalue weighted by molar-refractivity contribution is -0.327. The second-order valence-electron chi connectivity index (χ2n) is 8.58. The number of ketones is 1. The number of hydrogen-bond acceptors (Lipinski definition) is 6. The first-order valence-corrected chi connectivity index (χ1v) is 8.62. The summed E-state index contributed by atoms with van der Waals surface area (Å²) in [6.07, 6.45) is 2.67. The molecule has 2 bridgehead atoms. The summed E-state index contributed by atoms with van der Waals surface area (Å²) in [5, 5.41) is 34.9. The van der Waals surface area contributed by atoms with Gasteiger partial charge in [0.15, 0.2) is 5.78 Å². The summed E-state index contributed by atoms with van der Waals surface area (Å²) < 4.78 is 0. The van der Waals surface area contributed by atoms with Crippen LogP contribution in [0, 0.1) is 28.6 Å². The molecular weight excluding hydrogens is 324 g/mol. The van der Waals surface area contributed by atoms with Crippen molar-refractivity contribution in [2.45, 2.75) is 44.6 Å². The summed E-state index contributed by atoms with van der Waals surface area (Å²) in [5.74, 6) is -5.22. The van der Waals surface area contributed by atoms with Crippen LogP contribution in [0.5, 0.6) is 0 Å². The minimum absolute atomic E-state index is 0.229. The molecule has 3 saturated carbocycles. The second kappa shape index (κ2) is 4.61. The summed E-state index contributed by atoms with van der Waals surface area (Å²) in [7, 11) is 0. The van der Waals surface area contributed by atoms with Gasteiger partial charge in [0.25, 0.3) is 0 Å². The monoisotopic (exact) mass is 344 g/mol. The third-order valence-corrected chi connectivity index (χ3v) is 7.35. The summed E-state index contributed by atoms with van der Waals surface area (Å²) in [6, 6.07) is 0. The first-order valence-electron chi connectivity index (χ1n) is 8.62. The van der Waals surface area contributed by atoms with Gasteiger partial charge in [0.2, 0.25) is 0 Å². The van der Waals surface area contributed by atoms with Crippen molar-refractivity contribution in [1.82, 2.24) is 0 Å². The minimum Gasteiger partial charge on any atom is -0.550 e. The number of carbonyl (C=O) groups is 3. The van der Waals surface area contributed by atoms with E-state index in [4.69, 9.17) is 0 Å². The number of carboxylic acids is 2. The highest BCUT2D eigenvalue weighted by Crippen LogP contribution is 2.72.